The summed E-state index contributed by atoms with van der Waals surface area (Å²) < 4.78 is 26.7. The van der Waals surface area contributed by atoms with E-state index in [1.165, 1.54) is 7.05 Å². The summed E-state index contributed by atoms with van der Waals surface area (Å²) >= 11 is 0. The largest absolute Gasteiger partial charge is 0.481 e. The number of aliphatic carboxylic acids is 1. The summed E-state index contributed by atoms with van der Waals surface area (Å²) in [5, 5.41) is 8.60. The van der Waals surface area contributed by atoms with Crippen molar-refractivity contribution in [3.05, 3.63) is 0 Å². The maximum absolute atomic E-state index is 11.1. The van der Waals surface area contributed by atoms with Gasteiger partial charge in [0.15, 0.2) is 0 Å². The summed E-state index contributed by atoms with van der Waals surface area (Å²) in [6, 6.07) is 0. The minimum Gasteiger partial charge on any atom is -0.481 e. The molecular weight excluding hydrogens is 244 g/mol. The molecule has 0 radical (unpaired) electrons. The molecule has 0 rings (SSSR count). The monoisotopic (exact) mass is 266 g/mol. The van der Waals surface area contributed by atoms with Crippen LogP contribution in [0.5, 0.6) is 0 Å². The maximum atomic E-state index is 11.1. The molecule has 7 heteroatoms. The highest BCUT2D eigenvalue weighted by Crippen LogP contribution is 2.17. The highest BCUT2D eigenvalue weighted by molar-refractivity contribution is 7.87. The van der Waals surface area contributed by atoms with Crippen LogP contribution in [-0.2, 0) is 15.0 Å². The van der Waals surface area contributed by atoms with Gasteiger partial charge in [-0.25, -0.2) is 9.44 Å². The van der Waals surface area contributed by atoms with E-state index < -0.39 is 16.2 Å². The third-order valence-corrected chi connectivity index (χ3v) is 3.70. The van der Waals surface area contributed by atoms with Crippen LogP contribution in [0.25, 0.3) is 0 Å². The predicted octanol–water partition coefficient (Wildman–Crippen LogP) is 0.711. The van der Waals surface area contributed by atoms with Crippen LogP contribution in [0.15, 0.2) is 0 Å². The van der Waals surface area contributed by atoms with Crippen LogP contribution >= 0.6 is 0 Å². The van der Waals surface area contributed by atoms with E-state index in [2.05, 4.69) is 9.44 Å². The minimum absolute atomic E-state index is 0.142. The molecule has 0 saturated carbocycles. The van der Waals surface area contributed by atoms with Gasteiger partial charge in [0.1, 0.15) is 0 Å². The molecule has 0 aliphatic heterocycles. The predicted molar refractivity (Wildman–Crippen MR) is 65.9 cm³/mol. The zero-order chi connectivity index (χ0) is 13.3. The number of hydrogen-bond donors (Lipinski definition) is 3. The molecule has 3 N–H and O–H groups in total. The van der Waals surface area contributed by atoms with Gasteiger partial charge in [-0.15, -0.1) is 0 Å². The molecule has 6 nitrogen and oxygen atoms in total. The van der Waals surface area contributed by atoms with E-state index in [0.29, 0.717) is 19.4 Å². The van der Waals surface area contributed by atoms with Gasteiger partial charge in [0.25, 0.3) is 10.2 Å². The van der Waals surface area contributed by atoms with Crippen molar-refractivity contribution >= 4 is 16.2 Å². The van der Waals surface area contributed by atoms with E-state index in [-0.39, 0.29) is 12.3 Å². The fourth-order valence-electron chi connectivity index (χ4n) is 1.64. The van der Waals surface area contributed by atoms with Gasteiger partial charge in [-0.05, 0) is 18.8 Å². The normalized spacial score (nSPS) is 13.5. The van der Waals surface area contributed by atoms with Crippen molar-refractivity contribution in [1.82, 2.24) is 9.44 Å². The Balaban J connectivity index is 3.96. The molecule has 1 unspecified atom stereocenters. The van der Waals surface area contributed by atoms with Crippen LogP contribution in [0.4, 0.5) is 0 Å². The molecule has 17 heavy (non-hydrogen) atoms. The average Bonchev–Trinajstić information content (AvgIpc) is 2.25. The first-order valence-corrected chi connectivity index (χ1v) is 7.29. The molecule has 0 aromatic carbocycles. The van der Waals surface area contributed by atoms with E-state index in [4.69, 9.17) is 5.11 Å². The van der Waals surface area contributed by atoms with Crippen molar-refractivity contribution in [2.75, 3.05) is 13.6 Å². The van der Waals surface area contributed by atoms with Crippen LogP contribution in [-0.4, -0.2) is 33.1 Å². The topological polar surface area (TPSA) is 95.5 Å². The average molecular weight is 266 g/mol. The van der Waals surface area contributed by atoms with Crippen molar-refractivity contribution in [3.8, 4) is 0 Å². The van der Waals surface area contributed by atoms with Crippen LogP contribution in [0, 0.1) is 5.92 Å². The number of carboxylic acids is 1. The van der Waals surface area contributed by atoms with E-state index in [0.717, 1.165) is 12.8 Å². The highest BCUT2D eigenvalue weighted by Gasteiger charge is 2.12. The van der Waals surface area contributed by atoms with Crippen LogP contribution in [0.2, 0.25) is 0 Å². The van der Waals surface area contributed by atoms with Crippen LogP contribution in [0.3, 0.4) is 0 Å². The molecule has 102 valence electrons. The third kappa shape index (κ3) is 9.08. The van der Waals surface area contributed by atoms with Gasteiger partial charge < -0.3 is 5.11 Å². The summed E-state index contributed by atoms with van der Waals surface area (Å²) in [7, 11) is -2.03. The van der Waals surface area contributed by atoms with Crippen LogP contribution in [0.1, 0.15) is 39.0 Å². The Kier molecular flexibility index (Phi) is 8.11. The Bertz CT molecular complexity index is 316. The molecule has 0 aliphatic carbocycles. The summed E-state index contributed by atoms with van der Waals surface area (Å²) in [4.78, 5) is 10.5. The standard InChI is InChI=1S/C10H22N2O4S/c1-3-4-9(5-6-10(13)14)7-8-12-17(15,16)11-2/h9,11-12H,3-8H2,1-2H3,(H,13,14). The van der Waals surface area contributed by atoms with Gasteiger partial charge in [0, 0.05) is 20.0 Å². The number of carboxylic acid groups (broad SMARTS) is 1. The van der Waals surface area contributed by atoms with Gasteiger partial charge in [-0.2, -0.15) is 8.42 Å². The summed E-state index contributed by atoms with van der Waals surface area (Å²) in [5.41, 5.74) is 0. The Hall–Kier alpha value is -0.660. The maximum Gasteiger partial charge on any atom is 0.303 e. The molecule has 0 spiro atoms. The van der Waals surface area contributed by atoms with E-state index in [1.807, 2.05) is 6.92 Å². The summed E-state index contributed by atoms with van der Waals surface area (Å²) in [6.07, 6.45) is 3.31. The Morgan fingerprint density at radius 1 is 1.29 bits per heavy atom. The second-order valence-corrected chi connectivity index (χ2v) is 5.68. The van der Waals surface area contributed by atoms with Gasteiger partial charge >= 0.3 is 5.97 Å². The van der Waals surface area contributed by atoms with E-state index in [9.17, 15) is 13.2 Å². The molecule has 0 amide bonds. The van der Waals surface area contributed by atoms with Gasteiger partial charge in [0.2, 0.25) is 0 Å². The zero-order valence-corrected chi connectivity index (χ0v) is 11.2. The smallest absolute Gasteiger partial charge is 0.303 e. The molecular formula is C10H22N2O4S. The lowest BCUT2D eigenvalue weighted by molar-refractivity contribution is -0.137. The molecule has 0 heterocycles. The number of nitrogens with one attached hydrogen (secondary N) is 2. The third-order valence-electron chi connectivity index (χ3n) is 2.58. The lowest BCUT2D eigenvalue weighted by Crippen LogP contribution is -2.35. The van der Waals surface area contributed by atoms with E-state index in [1.54, 1.807) is 0 Å². The zero-order valence-electron chi connectivity index (χ0n) is 10.4. The first-order chi connectivity index (χ1) is 7.91. The second-order valence-electron chi connectivity index (χ2n) is 3.98. The first-order valence-electron chi connectivity index (χ1n) is 5.81. The Labute approximate surface area is 103 Å². The molecule has 0 aromatic heterocycles. The SMILES string of the molecule is CCCC(CCNS(=O)(=O)NC)CCC(=O)O. The minimum atomic E-state index is -3.38. The van der Waals surface area contributed by atoms with Gasteiger partial charge in [0.05, 0.1) is 0 Å². The van der Waals surface area contributed by atoms with Gasteiger partial charge in [-0.3, -0.25) is 4.79 Å². The van der Waals surface area contributed by atoms with Crippen molar-refractivity contribution < 1.29 is 18.3 Å². The fourth-order valence-corrected chi connectivity index (χ4v) is 2.17. The molecule has 0 saturated heterocycles. The second kappa shape index (κ2) is 8.43. The van der Waals surface area contributed by atoms with Crippen LogP contribution < -0.4 is 9.44 Å². The van der Waals surface area contributed by atoms with Crippen molar-refractivity contribution in [3.63, 3.8) is 0 Å². The molecule has 1 atom stereocenters. The van der Waals surface area contributed by atoms with E-state index >= 15 is 0 Å². The Morgan fingerprint density at radius 3 is 2.41 bits per heavy atom. The molecule has 0 bridgehead atoms. The quantitative estimate of drug-likeness (QED) is 0.542. The van der Waals surface area contributed by atoms with Crippen molar-refractivity contribution in [2.24, 2.45) is 5.92 Å². The number of hydrogen-bond acceptors (Lipinski definition) is 3. The number of carbonyl (C=O) groups is 1. The first kappa shape index (κ1) is 16.3. The summed E-state index contributed by atoms with van der Waals surface area (Å²) in [6.45, 7) is 2.37. The lowest BCUT2D eigenvalue weighted by atomic mass is 9.95. The number of rotatable bonds is 10. The van der Waals surface area contributed by atoms with Crippen molar-refractivity contribution in [1.29, 1.82) is 0 Å². The Morgan fingerprint density at radius 2 is 1.94 bits per heavy atom. The molecule has 0 fully saturated rings. The molecule has 0 aromatic rings. The lowest BCUT2D eigenvalue weighted by Gasteiger charge is -2.15. The highest BCUT2D eigenvalue weighted by atomic mass is 32.2. The van der Waals surface area contributed by atoms with Gasteiger partial charge in [-0.1, -0.05) is 19.8 Å². The summed E-state index contributed by atoms with van der Waals surface area (Å²) in [5.74, 6) is -0.544. The van der Waals surface area contributed by atoms with Crippen molar-refractivity contribution in [2.45, 2.75) is 39.0 Å². The molecule has 0 aliphatic rings. The fraction of sp³-hybridized carbons (Fsp3) is 0.900.